The largest absolute Gasteiger partial charge is 0.468 e. The van der Waals surface area contributed by atoms with Crippen LogP contribution in [0.3, 0.4) is 0 Å². The first-order chi connectivity index (χ1) is 14.3. The maximum atomic E-state index is 12.4. The number of hydrogen-bond acceptors (Lipinski definition) is 4. The summed E-state index contributed by atoms with van der Waals surface area (Å²) in [6.07, 6.45) is 2.78. The number of methoxy groups -OCH3 is 1. The molecule has 2 unspecified atom stereocenters. The second-order valence-corrected chi connectivity index (χ2v) is 9.54. The van der Waals surface area contributed by atoms with Crippen LogP contribution >= 0.6 is 31.9 Å². The molecule has 4 rings (SSSR count). The van der Waals surface area contributed by atoms with E-state index in [0.29, 0.717) is 24.2 Å². The average Bonchev–Trinajstić information content (AvgIpc) is 3.22. The minimum Gasteiger partial charge on any atom is -0.468 e. The van der Waals surface area contributed by atoms with Crippen molar-refractivity contribution in [2.45, 2.75) is 39.5 Å². The minimum atomic E-state index is -1.02. The summed E-state index contributed by atoms with van der Waals surface area (Å²) >= 11 is 6.72. The van der Waals surface area contributed by atoms with E-state index in [2.05, 4.69) is 38.8 Å². The second-order valence-electron chi connectivity index (χ2n) is 7.71. The number of carbonyl (C=O) groups is 3. The van der Waals surface area contributed by atoms with E-state index in [-0.39, 0.29) is 11.7 Å². The lowest BCUT2D eigenvalue weighted by atomic mass is 9.81. The number of hydrogen-bond donors (Lipinski definition) is 0. The summed E-state index contributed by atoms with van der Waals surface area (Å²) < 4.78 is 6.63. The number of ether oxygens (including phenoxy) is 1. The van der Waals surface area contributed by atoms with Crippen molar-refractivity contribution in [3.05, 3.63) is 67.6 Å². The molecule has 0 amide bonds. The highest BCUT2D eigenvalue weighted by Gasteiger charge is 2.51. The first-order valence-corrected chi connectivity index (χ1v) is 11.6. The summed E-state index contributed by atoms with van der Waals surface area (Å²) in [7, 11) is 1.33. The van der Waals surface area contributed by atoms with Gasteiger partial charge in [-0.3, -0.25) is 14.4 Å². The number of Topliss-reactive ketones (excluding diaryl/α,β-unsaturated/α-hetero) is 2. The fourth-order valence-corrected chi connectivity index (χ4v) is 4.95. The van der Waals surface area contributed by atoms with Crippen LogP contribution in [0.2, 0.25) is 0 Å². The Hall–Kier alpha value is -1.79. The predicted molar refractivity (Wildman–Crippen MR) is 123 cm³/mol. The van der Waals surface area contributed by atoms with Crippen LogP contribution in [0.1, 0.15) is 58.5 Å². The van der Waals surface area contributed by atoms with Crippen LogP contribution in [0.5, 0.6) is 0 Å². The number of rotatable bonds is 3. The molecule has 6 heteroatoms. The lowest BCUT2D eigenvalue weighted by Crippen LogP contribution is -2.37. The van der Waals surface area contributed by atoms with Gasteiger partial charge in [-0.1, -0.05) is 57.8 Å². The summed E-state index contributed by atoms with van der Waals surface area (Å²) in [5, 5.41) is 0. The van der Waals surface area contributed by atoms with E-state index in [1.54, 1.807) is 6.07 Å². The standard InChI is InChI=1S/C13H13BrO3.C11H11BrO/c1-3-13(12(16)17-2)7-8-4-5-9(14)6-10(8)11(13)15;1-2-7-5-8-3-4-9(12)6-10(8)11(7)13/h4-6H,3,7H2,1-2H3;3-4,6-7H,2,5H2,1H3. The van der Waals surface area contributed by atoms with Crippen molar-refractivity contribution in [2.24, 2.45) is 11.3 Å². The lowest BCUT2D eigenvalue weighted by molar-refractivity contribution is -0.149. The molecular formula is C24H24Br2O4. The van der Waals surface area contributed by atoms with Crippen molar-refractivity contribution in [2.75, 3.05) is 7.11 Å². The Morgan fingerprint density at radius 3 is 2.20 bits per heavy atom. The topological polar surface area (TPSA) is 60.4 Å². The Labute approximate surface area is 193 Å². The highest BCUT2D eigenvalue weighted by molar-refractivity contribution is 9.10. The molecule has 2 aliphatic rings. The van der Waals surface area contributed by atoms with Crippen molar-refractivity contribution in [3.8, 4) is 0 Å². The van der Waals surface area contributed by atoms with E-state index in [0.717, 1.165) is 32.9 Å². The number of esters is 1. The number of fused-ring (bicyclic) bond motifs is 2. The van der Waals surface area contributed by atoms with Crippen molar-refractivity contribution in [1.82, 2.24) is 0 Å². The Morgan fingerprint density at radius 2 is 1.63 bits per heavy atom. The molecule has 0 N–H and O–H groups in total. The average molecular weight is 536 g/mol. The van der Waals surface area contributed by atoms with Gasteiger partial charge in [0.05, 0.1) is 7.11 Å². The quantitative estimate of drug-likeness (QED) is 0.358. The van der Waals surface area contributed by atoms with E-state index in [1.807, 2.05) is 37.3 Å². The molecule has 2 aromatic carbocycles. The van der Waals surface area contributed by atoms with Crippen molar-refractivity contribution in [3.63, 3.8) is 0 Å². The van der Waals surface area contributed by atoms with E-state index in [4.69, 9.17) is 4.74 Å². The Kier molecular flexibility index (Phi) is 6.98. The third-order valence-corrected chi connectivity index (χ3v) is 7.08. The fourth-order valence-electron chi connectivity index (χ4n) is 4.23. The zero-order valence-corrected chi connectivity index (χ0v) is 20.4. The number of halogens is 2. The molecule has 0 spiro atoms. The van der Waals surface area contributed by atoms with Crippen LogP contribution in [0.25, 0.3) is 0 Å². The Balaban J connectivity index is 0.000000177. The summed E-state index contributed by atoms with van der Waals surface area (Å²) in [5.41, 5.74) is 2.66. The van der Waals surface area contributed by atoms with Gasteiger partial charge in [0.25, 0.3) is 0 Å². The lowest BCUT2D eigenvalue weighted by Gasteiger charge is -2.21. The molecule has 0 aromatic heterocycles. The predicted octanol–water partition coefficient (Wildman–Crippen LogP) is 5.97. The molecule has 2 aromatic rings. The normalized spacial score (nSPS) is 21.6. The molecule has 0 bridgehead atoms. The molecule has 0 fully saturated rings. The molecule has 0 saturated heterocycles. The molecule has 0 heterocycles. The molecule has 0 aliphatic heterocycles. The molecule has 30 heavy (non-hydrogen) atoms. The molecule has 0 saturated carbocycles. The van der Waals surface area contributed by atoms with Gasteiger partial charge in [-0.2, -0.15) is 0 Å². The van der Waals surface area contributed by atoms with Gasteiger partial charge in [0.2, 0.25) is 0 Å². The van der Waals surface area contributed by atoms with Crippen LogP contribution < -0.4 is 0 Å². The van der Waals surface area contributed by atoms with Crippen LogP contribution in [0.4, 0.5) is 0 Å². The monoisotopic (exact) mass is 534 g/mol. The van der Waals surface area contributed by atoms with Crippen molar-refractivity contribution in [1.29, 1.82) is 0 Å². The van der Waals surface area contributed by atoms with E-state index < -0.39 is 11.4 Å². The van der Waals surface area contributed by atoms with Crippen LogP contribution in [-0.4, -0.2) is 24.6 Å². The summed E-state index contributed by atoms with van der Waals surface area (Å²) in [6, 6.07) is 11.5. The van der Waals surface area contributed by atoms with E-state index in [9.17, 15) is 14.4 Å². The van der Waals surface area contributed by atoms with Crippen LogP contribution in [0, 0.1) is 11.3 Å². The maximum absolute atomic E-state index is 12.4. The van der Waals surface area contributed by atoms with Gasteiger partial charge in [-0.05, 0) is 61.1 Å². The highest BCUT2D eigenvalue weighted by Crippen LogP contribution is 2.41. The van der Waals surface area contributed by atoms with Gasteiger partial charge >= 0.3 is 5.97 Å². The summed E-state index contributed by atoms with van der Waals surface area (Å²) in [6.45, 7) is 3.92. The van der Waals surface area contributed by atoms with Gasteiger partial charge < -0.3 is 4.74 Å². The van der Waals surface area contributed by atoms with Crippen molar-refractivity contribution < 1.29 is 19.1 Å². The highest BCUT2D eigenvalue weighted by atomic mass is 79.9. The SMILES string of the molecule is CCC1(C(=O)OC)Cc2ccc(Br)cc2C1=O.CCC1Cc2ccc(Br)cc2C1=O. The summed E-state index contributed by atoms with van der Waals surface area (Å²) in [4.78, 5) is 36.0. The number of benzene rings is 2. The molecule has 0 radical (unpaired) electrons. The van der Waals surface area contributed by atoms with Gasteiger partial charge in [-0.25, -0.2) is 0 Å². The van der Waals surface area contributed by atoms with Crippen molar-refractivity contribution >= 4 is 49.4 Å². The first-order valence-electron chi connectivity index (χ1n) is 10.0. The third kappa shape index (κ3) is 4.04. The van der Waals surface area contributed by atoms with Crippen LogP contribution in [-0.2, 0) is 22.4 Å². The Morgan fingerprint density at radius 1 is 1.03 bits per heavy atom. The smallest absolute Gasteiger partial charge is 0.320 e. The van der Waals surface area contributed by atoms with Gasteiger partial charge in [0, 0.05) is 26.0 Å². The zero-order valence-electron chi connectivity index (χ0n) is 17.3. The van der Waals surface area contributed by atoms with Crippen LogP contribution in [0.15, 0.2) is 45.3 Å². The summed E-state index contributed by atoms with van der Waals surface area (Å²) in [5.74, 6) is -0.0106. The fraction of sp³-hybridized carbons (Fsp3) is 0.375. The zero-order chi connectivity index (χ0) is 22.1. The van der Waals surface area contributed by atoms with Gasteiger partial charge in [0.15, 0.2) is 11.6 Å². The van der Waals surface area contributed by atoms with Gasteiger partial charge in [-0.15, -0.1) is 0 Å². The minimum absolute atomic E-state index is 0.122. The number of ketones is 2. The maximum Gasteiger partial charge on any atom is 0.320 e. The molecule has 2 atom stereocenters. The first kappa shape index (κ1) is 22.9. The molecule has 4 nitrogen and oxygen atoms in total. The number of carbonyl (C=O) groups excluding carboxylic acids is 3. The van der Waals surface area contributed by atoms with E-state index in [1.165, 1.54) is 12.7 Å². The molecular weight excluding hydrogens is 512 g/mol. The molecule has 2 aliphatic carbocycles. The second kappa shape index (κ2) is 9.15. The Bertz CT molecular complexity index is 1010. The van der Waals surface area contributed by atoms with E-state index >= 15 is 0 Å². The molecule has 158 valence electrons. The third-order valence-electron chi connectivity index (χ3n) is 6.09. The van der Waals surface area contributed by atoms with Gasteiger partial charge in [0.1, 0.15) is 5.41 Å².